The van der Waals surface area contributed by atoms with Crippen LogP contribution in [0.1, 0.15) is 90.2 Å². The van der Waals surface area contributed by atoms with Crippen molar-refractivity contribution in [2.75, 3.05) is 4.90 Å². The van der Waals surface area contributed by atoms with Gasteiger partial charge in [-0.2, -0.15) is 0 Å². The summed E-state index contributed by atoms with van der Waals surface area (Å²) in [6.07, 6.45) is 3.49. The van der Waals surface area contributed by atoms with Gasteiger partial charge in [-0.05, 0) is 104 Å². The SMILES string of the molecule is Cc1ccc(C2=CC3c4cc(C)cc(C)c4C4(OC(C)CC(C)O4)N3c3cc4c(cc32)-c2ccccc2C4(C)C)cc1. The molecule has 0 aromatic heterocycles. The third-order valence-electron chi connectivity index (χ3n) is 10.1. The Morgan fingerprint density at radius 1 is 0.738 bits per heavy atom. The molecule has 3 atom stereocenters. The molecule has 1 saturated heterocycles. The molecule has 3 aliphatic heterocycles. The van der Waals surface area contributed by atoms with E-state index in [1.54, 1.807) is 0 Å². The highest BCUT2D eigenvalue weighted by molar-refractivity contribution is 5.96. The maximum atomic E-state index is 7.04. The third kappa shape index (κ3) is 3.41. The van der Waals surface area contributed by atoms with Crippen LogP contribution in [-0.2, 0) is 20.8 Å². The third-order valence-corrected chi connectivity index (χ3v) is 10.1. The summed E-state index contributed by atoms with van der Waals surface area (Å²) in [5.74, 6) is -0.983. The van der Waals surface area contributed by atoms with Crippen molar-refractivity contribution in [3.05, 3.63) is 129 Å². The van der Waals surface area contributed by atoms with Gasteiger partial charge in [0.05, 0.1) is 23.9 Å². The topological polar surface area (TPSA) is 21.7 Å². The van der Waals surface area contributed by atoms with Gasteiger partial charge in [-0.15, -0.1) is 0 Å². The standard InChI is InChI=1S/C39H39NO2/c1-22-12-14-27(15-13-22)29-20-35-32-17-23(2)16-24(3)37(32)39(41-25(4)18-26(5)42-39)40(35)36-21-34-30(19-31(29)36)28-10-8-9-11-33(28)38(34,6)7/h8-17,19-21,25-26,35H,18H2,1-7H3. The van der Waals surface area contributed by atoms with Crippen LogP contribution >= 0.6 is 0 Å². The molecule has 4 aliphatic rings. The molecule has 0 N–H and O–H groups in total. The Labute approximate surface area is 249 Å². The Kier molecular flexibility index (Phi) is 5.38. The van der Waals surface area contributed by atoms with E-state index < -0.39 is 5.91 Å². The lowest BCUT2D eigenvalue weighted by molar-refractivity contribution is -0.318. The molecule has 0 amide bonds. The molecule has 8 rings (SSSR count). The van der Waals surface area contributed by atoms with Crippen LogP contribution in [0.15, 0.2) is 78.9 Å². The Hall–Kier alpha value is -3.66. The number of benzene rings is 4. The Bertz CT molecular complexity index is 1800. The molecule has 212 valence electrons. The lowest BCUT2D eigenvalue weighted by Crippen LogP contribution is -2.55. The molecule has 3 nitrogen and oxygen atoms in total. The van der Waals surface area contributed by atoms with Gasteiger partial charge in [0.25, 0.3) is 5.91 Å². The van der Waals surface area contributed by atoms with Crippen LogP contribution < -0.4 is 4.90 Å². The maximum Gasteiger partial charge on any atom is 0.282 e. The highest BCUT2D eigenvalue weighted by atomic mass is 16.7. The second-order valence-electron chi connectivity index (χ2n) is 13.6. The minimum absolute atomic E-state index is 0.00940. The largest absolute Gasteiger partial charge is 0.326 e. The predicted octanol–water partition coefficient (Wildman–Crippen LogP) is 9.25. The zero-order valence-corrected chi connectivity index (χ0v) is 25.7. The predicted molar refractivity (Wildman–Crippen MR) is 171 cm³/mol. The lowest BCUT2D eigenvalue weighted by atomic mass is 9.80. The van der Waals surface area contributed by atoms with Gasteiger partial charge in [-0.25, -0.2) is 0 Å². The second-order valence-corrected chi connectivity index (χ2v) is 13.6. The first-order valence-electron chi connectivity index (χ1n) is 15.4. The molecule has 1 fully saturated rings. The van der Waals surface area contributed by atoms with Crippen molar-refractivity contribution >= 4 is 11.3 Å². The molecule has 0 saturated carbocycles. The number of hydrogen-bond acceptors (Lipinski definition) is 3. The van der Waals surface area contributed by atoms with Crippen LogP contribution in [0.25, 0.3) is 16.7 Å². The fourth-order valence-electron chi connectivity index (χ4n) is 8.33. The first kappa shape index (κ1) is 26.0. The number of nitrogens with zero attached hydrogens (tertiary/aromatic N) is 1. The number of hydrogen-bond donors (Lipinski definition) is 0. The Morgan fingerprint density at radius 2 is 1.45 bits per heavy atom. The summed E-state index contributed by atoms with van der Waals surface area (Å²) < 4.78 is 14.1. The van der Waals surface area contributed by atoms with Crippen LogP contribution in [0.4, 0.5) is 5.69 Å². The molecule has 0 radical (unpaired) electrons. The second kappa shape index (κ2) is 8.69. The number of rotatable bonds is 1. The van der Waals surface area contributed by atoms with Crippen LogP contribution in [0.2, 0.25) is 0 Å². The van der Waals surface area contributed by atoms with Crippen LogP contribution in [-0.4, -0.2) is 12.2 Å². The van der Waals surface area contributed by atoms with Crippen molar-refractivity contribution in [3.63, 3.8) is 0 Å². The number of aryl methyl sites for hydroxylation is 3. The lowest BCUT2D eigenvalue weighted by Gasteiger charge is -2.49. The van der Waals surface area contributed by atoms with Gasteiger partial charge in [0, 0.05) is 16.5 Å². The Balaban J connectivity index is 1.46. The van der Waals surface area contributed by atoms with E-state index in [1.807, 2.05) is 0 Å². The smallest absolute Gasteiger partial charge is 0.282 e. The van der Waals surface area contributed by atoms with E-state index in [-0.39, 0.29) is 23.7 Å². The number of ether oxygens (including phenoxy) is 2. The minimum atomic E-state index is -0.983. The summed E-state index contributed by atoms with van der Waals surface area (Å²) in [7, 11) is 0. The average molecular weight is 554 g/mol. The van der Waals surface area contributed by atoms with E-state index >= 15 is 0 Å². The highest BCUT2D eigenvalue weighted by Crippen LogP contribution is 2.61. The quantitative estimate of drug-likeness (QED) is 0.234. The van der Waals surface area contributed by atoms with Crippen LogP contribution in [0.5, 0.6) is 0 Å². The molecule has 3 heteroatoms. The molecule has 3 heterocycles. The average Bonchev–Trinajstić information content (AvgIpc) is 3.32. The van der Waals surface area contributed by atoms with Crippen molar-refractivity contribution in [2.45, 2.75) is 84.5 Å². The van der Waals surface area contributed by atoms with Crippen molar-refractivity contribution in [1.29, 1.82) is 0 Å². The normalized spacial score (nSPS) is 26.3. The molecular weight excluding hydrogens is 514 g/mol. The zero-order chi connectivity index (χ0) is 29.1. The molecule has 42 heavy (non-hydrogen) atoms. The van der Waals surface area contributed by atoms with Gasteiger partial charge < -0.3 is 14.4 Å². The molecular formula is C39H39NO2. The molecule has 0 bridgehead atoms. The maximum absolute atomic E-state index is 7.04. The van der Waals surface area contributed by atoms with Gasteiger partial charge in [-0.1, -0.05) is 85.6 Å². The zero-order valence-electron chi connectivity index (χ0n) is 25.7. The highest BCUT2D eigenvalue weighted by Gasteiger charge is 2.58. The van der Waals surface area contributed by atoms with Crippen LogP contribution in [0.3, 0.4) is 0 Å². The number of anilines is 1. The van der Waals surface area contributed by atoms with Crippen molar-refractivity contribution < 1.29 is 9.47 Å². The summed E-state index contributed by atoms with van der Waals surface area (Å²) in [5.41, 5.74) is 16.5. The summed E-state index contributed by atoms with van der Waals surface area (Å²) in [5, 5.41) is 0. The minimum Gasteiger partial charge on any atom is -0.326 e. The van der Waals surface area contributed by atoms with E-state index in [0.29, 0.717) is 0 Å². The molecule has 4 aromatic rings. The molecule has 3 unspecified atom stereocenters. The van der Waals surface area contributed by atoms with Crippen molar-refractivity contribution in [2.24, 2.45) is 0 Å². The van der Waals surface area contributed by atoms with Crippen LogP contribution in [0, 0.1) is 20.8 Å². The summed E-state index contributed by atoms with van der Waals surface area (Å²) in [6.45, 7) is 15.7. The van der Waals surface area contributed by atoms with Crippen molar-refractivity contribution in [1.82, 2.24) is 0 Å². The summed E-state index contributed by atoms with van der Waals surface area (Å²) in [6, 6.07) is 27.5. The molecule has 1 aliphatic carbocycles. The first-order valence-corrected chi connectivity index (χ1v) is 15.4. The van der Waals surface area contributed by atoms with E-state index in [2.05, 4.69) is 132 Å². The van der Waals surface area contributed by atoms with Gasteiger partial charge >= 0.3 is 0 Å². The van der Waals surface area contributed by atoms with Gasteiger partial charge in [-0.3, -0.25) is 0 Å². The fraction of sp³-hybridized carbons (Fsp3) is 0.333. The van der Waals surface area contributed by atoms with E-state index in [1.165, 1.54) is 72.5 Å². The monoisotopic (exact) mass is 553 g/mol. The van der Waals surface area contributed by atoms with Gasteiger partial charge in [0.15, 0.2) is 0 Å². The van der Waals surface area contributed by atoms with Gasteiger partial charge in [0.2, 0.25) is 0 Å². The fourth-order valence-corrected chi connectivity index (χ4v) is 8.33. The van der Waals surface area contributed by atoms with Gasteiger partial charge in [0.1, 0.15) is 0 Å². The molecule has 4 aromatic carbocycles. The van der Waals surface area contributed by atoms with Crippen molar-refractivity contribution in [3.8, 4) is 11.1 Å². The first-order chi connectivity index (χ1) is 20.1. The summed E-state index contributed by atoms with van der Waals surface area (Å²) in [4.78, 5) is 2.47. The Morgan fingerprint density at radius 3 is 2.19 bits per heavy atom. The molecule has 1 spiro atoms. The van der Waals surface area contributed by atoms with E-state index in [9.17, 15) is 0 Å². The van der Waals surface area contributed by atoms with E-state index in [0.717, 1.165) is 6.42 Å². The summed E-state index contributed by atoms with van der Waals surface area (Å²) >= 11 is 0. The van der Waals surface area contributed by atoms with E-state index in [4.69, 9.17) is 9.47 Å². The number of fused-ring (bicyclic) bond motifs is 10.